The Balaban J connectivity index is 1.81. The molecule has 0 saturated carbocycles. The number of nitrogen functional groups attached to an aromatic ring is 1. The van der Waals surface area contributed by atoms with Crippen LogP contribution < -0.4 is 11.1 Å². The molecule has 3 N–H and O–H groups in total. The summed E-state index contributed by atoms with van der Waals surface area (Å²) >= 11 is 5.93. The van der Waals surface area contributed by atoms with Crippen molar-refractivity contribution in [3.8, 4) is 22.5 Å². The molecular weight excluding hydrogens is 334 g/mol. The van der Waals surface area contributed by atoms with Crippen molar-refractivity contribution in [3.63, 3.8) is 0 Å². The Kier molecular flexibility index (Phi) is 3.78. The maximum Gasteiger partial charge on any atom is 0.137 e. The van der Waals surface area contributed by atoms with Gasteiger partial charge in [0.15, 0.2) is 0 Å². The van der Waals surface area contributed by atoms with Gasteiger partial charge >= 0.3 is 0 Å². The molecule has 0 bridgehead atoms. The van der Waals surface area contributed by atoms with Gasteiger partial charge in [0.2, 0.25) is 0 Å². The highest BCUT2D eigenvalue weighted by Gasteiger charge is 2.10. The van der Waals surface area contributed by atoms with Crippen LogP contribution in [0.2, 0.25) is 5.02 Å². The second kappa shape index (κ2) is 6.11. The number of nitrogens with two attached hydrogens (primary N) is 1. The Morgan fingerprint density at radius 2 is 1.92 bits per heavy atom. The first-order chi connectivity index (χ1) is 12.2. The number of rotatable bonds is 3. The smallest absolute Gasteiger partial charge is 0.137 e. The molecule has 3 aromatic heterocycles. The number of benzene rings is 1. The number of aromatic nitrogens is 3. The van der Waals surface area contributed by atoms with Crippen LogP contribution in [0.5, 0.6) is 0 Å². The molecule has 25 heavy (non-hydrogen) atoms. The van der Waals surface area contributed by atoms with Gasteiger partial charge in [0.05, 0.1) is 28.3 Å². The molecule has 0 spiro atoms. The minimum absolute atomic E-state index is 0.523. The third-order valence-electron chi connectivity index (χ3n) is 4.12. The molecule has 3 heterocycles. The topological polar surface area (TPSA) is 68.2 Å². The fraction of sp³-hybridized carbons (Fsp3) is 0.0526. The average Bonchev–Trinajstić information content (AvgIpc) is 3.05. The highest BCUT2D eigenvalue weighted by molar-refractivity contribution is 6.30. The first-order valence-electron chi connectivity index (χ1n) is 7.82. The van der Waals surface area contributed by atoms with Crippen molar-refractivity contribution in [2.45, 2.75) is 0 Å². The van der Waals surface area contributed by atoms with Crippen LogP contribution in [0.1, 0.15) is 0 Å². The lowest BCUT2D eigenvalue weighted by molar-refractivity contribution is 1.19. The third-order valence-corrected chi connectivity index (χ3v) is 4.32. The predicted octanol–water partition coefficient (Wildman–Crippen LogP) is 4.34. The van der Waals surface area contributed by atoms with E-state index >= 15 is 0 Å². The van der Waals surface area contributed by atoms with Crippen LogP contribution in [0.25, 0.3) is 28.2 Å². The molecule has 0 atom stereocenters. The molecule has 1 aromatic carbocycles. The first-order valence-corrected chi connectivity index (χ1v) is 8.20. The molecule has 4 rings (SSSR count). The van der Waals surface area contributed by atoms with E-state index in [0.29, 0.717) is 16.4 Å². The molecular formula is C19H16ClN5. The van der Waals surface area contributed by atoms with Crippen LogP contribution >= 0.6 is 11.6 Å². The minimum Gasteiger partial charge on any atom is -0.397 e. The zero-order valence-electron chi connectivity index (χ0n) is 13.6. The lowest BCUT2D eigenvalue weighted by Crippen LogP contribution is -1.95. The average molecular weight is 350 g/mol. The van der Waals surface area contributed by atoms with Crippen molar-refractivity contribution in [1.29, 1.82) is 0 Å². The van der Waals surface area contributed by atoms with Crippen LogP contribution in [0.15, 0.2) is 61.1 Å². The summed E-state index contributed by atoms with van der Waals surface area (Å²) in [5, 5.41) is 3.68. The van der Waals surface area contributed by atoms with Gasteiger partial charge in [-0.3, -0.25) is 9.38 Å². The quantitative estimate of drug-likeness (QED) is 0.577. The number of nitrogens with zero attached hydrogens (tertiary/aromatic N) is 3. The van der Waals surface area contributed by atoms with Crippen molar-refractivity contribution in [3.05, 3.63) is 66.1 Å². The normalized spacial score (nSPS) is 11.0. The molecule has 0 fully saturated rings. The van der Waals surface area contributed by atoms with E-state index in [-0.39, 0.29) is 0 Å². The van der Waals surface area contributed by atoms with Gasteiger partial charge in [-0.2, -0.15) is 0 Å². The standard InChI is InChI=1S/C19H16ClN5/c1-22-15-4-2-3-12(7-15)17-11-23-18-8-13(5-6-25(17)18)19-16(21)9-14(20)10-24-19/h2-11,22H,21H2,1H3. The maximum absolute atomic E-state index is 6.04. The Bertz CT molecular complexity index is 1070. The molecule has 0 aliphatic heterocycles. The molecule has 0 radical (unpaired) electrons. The Morgan fingerprint density at radius 1 is 1.04 bits per heavy atom. The van der Waals surface area contributed by atoms with Crippen molar-refractivity contribution in [2.75, 3.05) is 18.1 Å². The highest BCUT2D eigenvalue weighted by Crippen LogP contribution is 2.29. The number of hydrogen-bond donors (Lipinski definition) is 2. The first kappa shape index (κ1) is 15.5. The number of imidazole rings is 1. The van der Waals surface area contributed by atoms with Crippen molar-refractivity contribution in [1.82, 2.24) is 14.4 Å². The van der Waals surface area contributed by atoms with Crippen LogP contribution in [-0.2, 0) is 0 Å². The van der Waals surface area contributed by atoms with E-state index in [9.17, 15) is 0 Å². The fourth-order valence-electron chi connectivity index (χ4n) is 2.87. The van der Waals surface area contributed by atoms with Gasteiger partial charge in [-0.25, -0.2) is 4.98 Å². The molecule has 6 heteroatoms. The van der Waals surface area contributed by atoms with E-state index in [0.717, 1.165) is 28.2 Å². The maximum atomic E-state index is 6.04. The van der Waals surface area contributed by atoms with E-state index < -0.39 is 0 Å². The van der Waals surface area contributed by atoms with Crippen LogP contribution in [0.3, 0.4) is 0 Å². The van der Waals surface area contributed by atoms with Crippen LogP contribution in [0.4, 0.5) is 11.4 Å². The van der Waals surface area contributed by atoms with E-state index in [2.05, 4.69) is 27.4 Å². The molecule has 0 unspecified atom stereocenters. The summed E-state index contributed by atoms with van der Waals surface area (Å²) in [4.78, 5) is 8.87. The molecule has 0 aliphatic rings. The summed E-state index contributed by atoms with van der Waals surface area (Å²) in [6, 6.07) is 13.9. The lowest BCUT2D eigenvalue weighted by atomic mass is 10.1. The SMILES string of the molecule is CNc1cccc(-c2cnc3cc(-c4ncc(Cl)cc4N)ccn23)c1. The number of hydrogen-bond acceptors (Lipinski definition) is 4. The fourth-order valence-corrected chi connectivity index (χ4v) is 3.04. The van der Waals surface area contributed by atoms with Gasteiger partial charge in [-0.15, -0.1) is 0 Å². The second-order valence-corrected chi connectivity index (χ2v) is 6.15. The Hall–Kier alpha value is -3.05. The van der Waals surface area contributed by atoms with Gasteiger partial charge < -0.3 is 11.1 Å². The Labute approximate surface area is 150 Å². The molecule has 124 valence electrons. The molecule has 0 aliphatic carbocycles. The third kappa shape index (κ3) is 2.79. The number of pyridine rings is 2. The lowest BCUT2D eigenvalue weighted by Gasteiger charge is -2.08. The summed E-state index contributed by atoms with van der Waals surface area (Å²) < 4.78 is 2.05. The monoisotopic (exact) mass is 349 g/mol. The number of fused-ring (bicyclic) bond motifs is 1. The van der Waals surface area contributed by atoms with Crippen molar-refractivity contribution >= 4 is 28.6 Å². The van der Waals surface area contributed by atoms with Gasteiger partial charge in [0.1, 0.15) is 5.65 Å². The van der Waals surface area contributed by atoms with E-state index in [1.807, 2.05) is 48.1 Å². The molecule has 5 nitrogen and oxygen atoms in total. The summed E-state index contributed by atoms with van der Waals surface area (Å²) in [6.07, 6.45) is 5.44. The Morgan fingerprint density at radius 3 is 2.72 bits per heavy atom. The van der Waals surface area contributed by atoms with Gasteiger partial charge in [0, 0.05) is 36.3 Å². The summed E-state index contributed by atoms with van der Waals surface area (Å²) in [7, 11) is 1.91. The molecule has 0 saturated heterocycles. The molecule has 4 aromatic rings. The van der Waals surface area contributed by atoms with E-state index in [1.54, 1.807) is 12.3 Å². The minimum atomic E-state index is 0.523. The zero-order valence-corrected chi connectivity index (χ0v) is 14.3. The number of halogens is 1. The van der Waals surface area contributed by atoms with Crippen LogP contribution in [0, 0.1) is 0 Å². The summed E-state index contributed by atoms with van der Waals surface area (Å²) in [5.74, 6) is 0. The largest absolute Gasteiger partial charge is 0.397 e. The highest BCUT2D eigenvalue weighted by atomic mass is 35.5. The van der Waals surface area contributed by atoms with Crippen LogP contribution in [-0.4, -0.2) is 21.4 Å². The van der Waals surface area contributed by atoms with Gasteiger partial charge in [0.25, 0.3) is 0 Å². The van der Waals surface area contributed by atoms with E-state index in [4.69, 9.17) is 17.3 Å². The molecule has 0 amide bonds. The van der Waals surface area contributed by atoms with Gasteiger partial charge in [-0.05, 0) is 30.3 Å². The van der Waals surface area contributed by atoms with E-state index in [1.165, 1.54) is 0 Å². The summed E-state index contributed by atoms with van der Waals surface area (Å²) in [5.41, 5.74) is 12.2. The predicted molar refractivity (Wildman–Crippen MR) is 103 cm³/mol. The van der Waals surface area contributed by atoms with Gasteiger partial charge in [-0.1, -0.05) is 23.7 Å². The summed E-state index contributed by atoms with van der Waals surface area (Å²) in [6.45, 7) is 0. The van der Waals surface area contributed by atoms with Crippen molar-refractivity contribution < 1.29 is 0 Å². The number of nitrogens with one attached hydrogen (secondary N) is 1. The van der Waals surface area contributed by atoms with Crippen molar-refractivity contribution in [2.24, 2.45) is 0 Å². The second-order valence-electron chi connectivity index (χ2n) is 5.71. The zero-order chi connectivity index (χ0) is 17.4. The number of anilines is 2.